The van der Waals surface area contributed by atoms with Crippen LogP contribution in [0.3, 0.4) is 0 Å². The van der Waals surface area contributed by atoms with Crippen molar-refractivity contribution in [2.45, 2.75) is 17.7 Å². The Morgan fingerprint density at radius 3 is 2.43 bits per heavy atom. The number of rotatable bonds is 5. The summed E-state index contributed by atoms with van der Waals surface area (Å²) in [5.74, 6) is -0.313. The topological polar surface area (TPSA) is 97.2 Å². The maximum atomic E-state index is 13.1. The molecule has 0 atom stereocenters. The van der Waals surface area contributed by atoms with Gasteiger partial charge >= 0.3 is 0 Å². The lowest BCUT2D eigenvalue weighted by Gasteiger charge is -2.30. The Balaban J connectivity index is 1.34. The molecule has 0 spiro atoms. The van der Waals surface area contributed by atoms with E-state index in [0.29, 0.717) is 24.3 Å². The first-order valence-corrected chi connectivity index (χ1v) is 10.9. The van der Waals surface area contributed by atoms with Gasteiger partial charge in [0, 0.05) is 31.4 Å². The first-order chi connectivity index (χ1) is 14.4. The third kappa shape index (κ3) is 4.24. The molecule has 1 N–H and O–H groups in total. The zero-order chi connectivity index (χ0) is 21.1. The van der Waals surface area contributed by atoms with E-state index >= 15 is 0 Å². The Kier molecular flexibility index (Phi) is 5.60. The number of halogens is 1. The average Bonchev–Trinajstić information content (AvgIpc) is 3.30. The van der Waals surface area contributed by atoms with E-state index in [0.717, 1.165) is 12.1 Å². The van der Waals surface area contributed by atoms with Crippen molar-refractivity contribution < 1.29 is 17.6 Å². The highest BCUT2D eigenvalue weighted by Gasteiger charge is 2.32. The summed E-state index contributed by atoms with van der Waals surface area (Å²) in [6, 6.07) is 10.0. The van der Waals surface area contributed by atoms with Crippen LogP contribution in [0.4, 0.5) is 10.1 Å². The Morgan fingerprint density at radius 2 is 1.83 bits per heavy atom. The van der Waals surface area contributed by atoms with Crippen LogP contribution in [0.15, 0.2) is 66.0 Å². The van der Waals surface area contributed by atoms with Gasteiger partial charge in [-0.05, 0) is 55.3 Å². The molecule has 0 radical (unpaired) electrons. The molecule has 0 saturated carbocycles. The number of hydrogen-bond donors (Lipinski definition) is 1. The Bertz CT molecular complexity index is 1110. The van der Waals surface area contributed by atoms with Crippen LogP contribution in [0.2, 0.25) is 0 Å². The summed E-state index contributed by atoms with van der Waals surface area (Å²) >= 11 is 0. The molecule has 1 aliphatic heterocycles. The van der Waals surface area contributed by atoms with E-state index in [-0.39, 0.29) is 29.8 Å². The van der Waals surface area contributed by atoms with Crippen molar-refractivity contribution in [3.8, 4) is 5.82 Å². The quantitative estimate of drug-likeness (QED) is 0.672. The normalized spacial score (nSPS) is 15.8. The predicted octanol–water partition coefficient (Wildman–Crippen LogP) is 2.45. The smallest absolute Gasteiger partial charge is 0.243 e. The zero-order valence-corrected chi connectivity index (χ0v) is 16.8. The fraction of sp³-hybridized carbons (Fsp3) is 0.250. The van der Waals surface area contributed by atoms with Gasteiger partial charge in [0.25, 0.3) is 0 Å². The van der Waals surface area contributed by atoms with Crippen LogP contribution in [0.5, 0.6) is 0 Å². The van der Waals surface area contributed by atoms with E-state index in [1.54, 1.807) is 41.5 Å². The minimum atomic E-state index is -3.70. The zero-order valence-electron chi connectivity index (χ0n) is 16.0. The summed E-state index contributed by atoms with van der Waals surface area (Å²) in [6.45, 7) is 0.461. The van der Waals surface area contributed by atoms with Gasteiger partial charge < -0.3 is 5.32 Å². The van der Waals surface area contributed by atoms with Crippen LogP contribution in [-0.4, -0.2) is 46.5 Å². The molecule has 1 amide bonds. The lowest BCUT2D eigenvalue weighted by molar-refractivity contribution is -0.120. The molecule has 1 fully saturated rings. The molecule has 156 valence electrons. The highest BCUT2D eigenvalue weighted by Crippen LogP contribution is 2.25. The molecule has 1 saturated heterocycles. The minimum absolute atomic E-state index is 0.0511. The van der Waals surface area contributed by atoms with Crippen molar-refractivity contribution >= 4 is 21.6 Å². The Hall–Kier alpha value is -3.11. The van der Waals surface area contributed by atoms with Gasteiger partial charge in [0.2, 0.25) is 15.9 Å². The second-order valence-electron chi connectivity index (χ2n) is 6.98. The summed E-state index contributed by atoms with van der Waals surface area (Å²) < 4.78 is 41.4. The van der Waals surface area contributed by atoms with Crippen molar-refractivity contribution in [1.29, 1.82) is 0 Å². The molecule has 2 aromatic heterocycles. The molecule has 0 aliphatic carbocycles. The Morgan fingerprint density at radius 1 is 1.10 bits per heavy atom. The number of piperidine rings is 1. The monoisotopic (exact) mass is 429 g/mol. The van der Waals surface area contributed by atoms with Gasteiger partial charge in [-0.3, -0.25) is 4.79 Å². The standard InChI is InChI=1S/C20H20FN5O3S/c21-16-2-5-18(6-3-16)30(28,29)25-12-8-15(9-13-25)20(27)24-17-4-7-19(22-14-17)26-11-1-10-23-26/h1-7,10-11,14-15H,8-9,12-13H2,(H,24,27). The highest BCUT2D eigenvalue weighted by atomic mass is 32.2. The summed E-state index contributed by atoms with van der Waals surface area (Å²) in [7, 11) is -3.70. The van der Waals surface area contributed by atoms with E-state index in [9.17, 15) is 17.6 Å². The first kappa shape index (κ1) is 20.2. The number of benzene rings is 1. The average molecular weight is 429 g/mol. The number of pyridine rings is 1. The number of nitrogens with one attached hydrogen (secondary N) is 1. The van der Waals surface area contributed by atoms with Gasteiger partial charge in [-0.2, -0.15) is 9.40 Å². The molecule has 10 heteroatoms. The number of nitrogens with zero attached hydrogens (tertiary/aromatic N) is 4. The SMILES string of the molecule is O=C(Nc1ccc(-n2cccn2)nc1)C1CCN(S(=O)(=O)c2ccc(F)cc2)CC1. The molecule has 8 nitrogen and oxygen atoms in total. The molecule has 4 rings (SSSR count). The van der Waals surface area contributed by atoms with Gasteiger partial charge in [0.05, 0.1) is 16.8 Å². The molecule has 0 bridgehead atoms. The molecular formula is C20H20FN5O3S. The second-order valence-corrected chi connectivity index (χ2v) is 8.92. The fourth-order valence-corrected chi connectivity index (χ4v) is 4.83. The number of sulfonamides is 1. The van der Waals surface area contributed by atoms with Crippen molar-refractivity contribution in [2.24, 2.45) is 5.92 Å². The summed E-state index contributed by atoms with van der Waals surface area (Å²) in [5.41, 5.74) is 0.567. The maximum absolute atomic E-state index is 13.1. The summed E-state index contributed by atoms with van der Waals surface area (Å²) in [4.78, 5) is 16.9. The highest BCUT2D eigenvalue weighted by molar-refractivity contribution is 7.89. The summed E-state index contributed by atoms with van der Waals surface area (Å²) in [5, 5.41) is 6.93. The van der Waals surface area contributed by atoms with Gasteiger partial charge in [0.15, 0.2) is 5.82 Å². The van der Waals surface area contributed by atoms with Crippen LogP contribution in [0, 0.1) is 11.7 Å². The number of anilines is 1. The van der Waals surface area contributed by atoms with E-state index in [2.05, 4.69) is 15.4 Å². The number of amides is 1. The van der Waals surface area contributed by atoms with E-state index in [4.69, 9.17) is 0 Å². The number of carbonyl (C=O) groups excluding carboxylic acids is 1. The third-order valence-corrected chi connectivity index (χ3v) is 6.94. The van der Waals surface area contributed by atoms with Crippen LogP contribution in [-0.2, 0) is 14.8 Å². The lowest BCUT2D eigenvalue weighted by atomic mass is 9.97. The number of hydrogen-bond acceptors (Lipinski definition) is 5. The van der Waals surface area contributed by atoms with Crippen LogP contribution < -0.4 is 5.32 Å². The first-order valence-electron chi connectivity index (χ1n) is 9.46. The second kappa shape index (κ2) is 8.33. The van der Waals surface area contributed by atoms with Crippen molar-refractivity contribution in [3.63, 3.8) is 0 Å². The molecule has 1 aromatic carbocycles. The molecule has 3 aromatic rings. The molecular weight excluding hydrogens is 409 g/mol. The van der Waals surface area contributed by atoms with Crippen molar-refractivity contribution in [3.05, 3.63) is 66.9 Å². The summed E-state index contributed by atoms with van der Waals surface area (Å²) in [6.07, 6.45) is 5.80. The fourth-order valence-electron chi connectivity index (χ4n) is 3.36. The van der Waals surface area contributed by atoms with Gasteiger partial charge in [-0.1, -0.05) is 0 Å². The largest absolute Gasteiger partial charge is 0.324 e. The minimum Gasteiger partial charge on any atom is -0.324 e. The van der Waals surface area contributed by atoms with Crippen LogP contribution in [0.25, 0.3) is 5.82 Å². The lowest BCUT2D eigenvalue weighted by Crippen LogP contribution is -2.41. The van der Waals surface area contributed by atoms with E-state index in [1.807, 2.05) is 0 Å². The van der Waals surface area contributed by atoms with Gasteiger partial charge in [0.1, 0.15) is 5.82 Å². The maximum Gasteiger partial charge on any atom is 0.243 e. The predicted molar refractivity (Wildman–Crippen MR) is 108 cm³/mol. The molecule has 30 heavy (non-hydrogen) atoms. The van der Waals surface area contributed by atoms with Gasteiger partial charge in [-0.25, -0.2) is 22.5 Å². The van der Waals surface area contributed by atoms with E-state index in [1.165, 1.54) is 16.4 Å². The molecule has 0 unspecified atom stereocenters. The molecule has 1 aliphatic rings. The number of aromatic nitrogens is 3. The molecule has 3 heterocycles. The van der Waals surface area contributed by atoms with Crippen LogP contribution >= 0.6 is 0 Å². The Labute approximate surface area is 173 Å². The third-order valence-electron chi connectivity index (χ3n) is 5.03. The van der Waals surface area contributed by atoms with Crippen molar-refractivity contribution in [2.75, 3.05) is 18.4 Å². The van der Waals surface area contributed by atoms with Crippen LogP contribution in [0.1, 0.15) is 12.8 Å². The van der Waals surface area contributed by atoms with E-state index < -0.39 is 15.8 Å². The van der Waals surface area contributed by atoms with Crippen molar-refractivity contribution in [1.82, 2.24) is 19.1 Å². The van der Waals surface area contributed by atoms with Gasteiger partial charge in [-0.15, -0.1) is 0 Å². The number of carbonyl (C=O) groups is 1.